The Hall–Kier alpha value is -3.09. The Morgan fingerprint density at radius 3 is 2.41 bits per heavy atom. The van der Waals surface area contributed by atoms with Gasteiger partial charge in [-0.3, -0.25) is 14.5 Å². The monoisotopic (exact) mass is 502 g/mol. The average molecular weight is 503 g/mol. The summed E-state index contributed by atoms with van der Waals surface area (Å²) in [5.74, 6) is -0.250. The van der Waals surface area contributed by atoms with E-state index in [9.17, 15) is 9.59 Å². The van der Waals surface area contributed by atoms with Gasteiger partial charge in [0.2, 0.25) is 0 Å². The molecule has 1 fully saturated rings. The number of fused-ring (bicyclic) bond motifs is 1. The number of carbonyl (C=O) groups excluding carboxylic acids is 2. The maximum Gasteiger partial charge on any atom is 0.293 e. The van der Waals surface area contributed by atoms with Crippen LogP contribution in [0.1, 0.15) is 16.7 Å². The predicted molar refractivity (Wildman–Crippen MR) is 133 cm³/mol. The maximum absolute atomic E-state index is 13.0. The molecule has 5 rings (SSSR count). The number of amides is 2. The number of imide groups is 1. The van der Waals surface area contributed by atoms with Crippen LogP contribution in [0.2, 0.25) is 0 Å². The molecule has 1 aliphatic rings. The number of hydrogen-bond acceptors (Lipinski definition) is 3. The number of hydrogen-bond donors (Lipinski definition) is 0. The van der Waals surface area contributed by atoms with Gasteiger partial charge in [0.1, 0.15) is 0 Å². The van der Waals surface area contributed by atoms with E-state index >= 15 is 0 Å². The Labute approximate surface area is 198 Å². The smallest absolute Gasteiger partial charge is 0.293 e. The second kappa shape index (κ2) is 8.81. The number of rotatable bonds is 5. The lowest BCUT2D eigenvalue weighted by atomic mass is 10.1. The topological polar surface area (TPSA) is 42.3 Å². The van der Waals surface area contributed by atoms with E-state index in [1.807, 2.05) is 60.7 Å². The molecule has 1 aromatic heterocycles. The highest BCUT2D eigenvalue weighted by Gasteiger charge is 2.35. The van der Waals surface area contributed by atoms with Gasteiger partial charge in [0.25, 0.3) is 11.1 Å². The minimum absolute atomic E-state index is 0.241. The zero-order chi connectivity index (χ0) is 22.1. The molecule has 0 radical (unpaired) electrons. The Kier molecular flexibility index (Phi) is 5.72. The first-order valence-electron chi connectivity index (χ1n) is 10.2. The molecule has 0 N–H and O–H groups in total. The second-order valence-electron chi connectivity index (χ2n) is 7.61. The van der Waals surface area contributed by atoms with Gasteiger partial charge in [0.15, 0.2) is 0 Å². The van der Waals surface area contributed by atoms with E-state index < -0.39 is 0 Å². The fraction of sp³-hybridized carbons (Fsp3) is 0.0769. The van der Waals surface area contributed by atoms with Gasteiger partial charge < -0.3 is 4.57 Å². The van der Waals surface area contributed by atoms with Crippen LogP contribution in [-0.2, 0) is 17.9 Å². The van der Waals surface area contributed by atoms with E-state index in [2.05, 4.69) is 51.0 Å². The predicted octanol–water partition coefficient (Wildman–Crippen LogP) is 6.69. The molecule has 1 aliphatic heterocycles. The lowest BCUT2D eigenvalue weighted by Crippen LogP contribution is -2.27. The van der Waals surface area contributed by atoms with Crippen LogP contribution in [0.25, 0.3) is 17.0 Å². The summed E-state index contributed by atoms with van der Waals surface area (Å²) in [6, 6.07) is 26.0. The van der Waals surface area contributed by atoms with Crippen molar-refractivity contribution in [2.75, 3.05) is 0 Å². The van der Waals surface area contributed by atoms with E-state index in [4.69, 9.17) is 0 Å². The number of benzene rings is 3. The minimum Gasteiger partial charge on any atom is -0.342 e. The van der Waals surface area contributed by atoms with Gasteiger partial charge in [-0.2, -0.15) is 0 Å². The Balaban J connectivity index is 1.46. The van der Waals surface area contributed by atoms with Crippen LogP contribution in [0.3, 0.4) is 0 Å². The van der Waals surface area contributed by atoms with Gasteiger partial charge in [-0.05, 0) is 47.2 Å². The van der Waals surface area contributed by atoms with Crippen LogP contribution in [0.5, 0.6) is 0 Å². The zero-order valence-electron chi connectivity index (χ0n) is 17.1. The lowest BCUT2D eigenvalue weighted by Gasteiger charge is -2.12. The number of carbonyl (C=O) groups is 2. The highest BCUT2D eigenvalue weighted by molar-refractivity contribution is 9.10. The van der Waals surface area contributed by atoms with E-state index in [0.717, 1.165) is 44.8 Å². The molecule has 2 amide bonds. The summed E-state index contributed by atoms with van der Waals surface area (Å²) in [4.78, 5) is 27.4. The van der Waals surface area contributed by atoms with E-state index in [0.29, 0.717) is 4.91 Å². The number of nitrogens with zero attached hydrogens (tertiary/aromatic N) is 2. The van der Waals surface area contributed by atoms with Gasteiger partial charge >= 0.3 is 0 Å². The van der Waals surface area contributed by atoms with E-state index in [1.165, 1.54) is 10.5 Å². The van der Waals surface area contributed by atoms with Crippen LogP contribution < -0.4 is 0 Å². The first kappa shape index (κ1) is 20.8. The molecule has 1 saturated heterocycles. The molecule has 32 heavy (non-hydrogen) atoms. The van der Waals surface area contributed by atoms with Gasteiger partial charge in [0, 0.05) is 33.7 Å². The highest BCUT2D eigenvalue weighted by atomic mass is 79.9. The standard InChI is InChI=1S/C26H19BrN2O2S/c27-21-10-6-9-19(13-21)16-29-25(30)24(32-26(29)31)14-20-17-28(15-18-7-2-1-3-8-18)23-12-5-4-11-22(20)23/h1-14,17H,15-16H2/b24-14-. The van der Waals surface area contributed by atoms with Crippen molar-refractivity contribution >= 4 is 55.8 Å². The Morgan fingerprint density at radius 2 is 1.59 bits per heavy atom. The van der Waals surface area contributed by atoms with Crippen molar-refractivity contribution in [3.63, 3.8) is 0 Å². The van der Waals surface area contributed by atoms with Crippen molar-refractivity contribution in [2.24, 2.45) is 0 Å². The highest BCUT2D eigenvalue weighted by Crippen LogP contribution is 2.35. The number of aromatic nitrogens is 1. The zero-order valence-corrected chi connectivity index (χ0v) is 19.5. The third kappa shape index (κ3) is 4.16. The molecule has 2 heterocycles. The lowest BCUT2D eigenvalue weighted by molar-refractivity contribution is -0.123. The Morgan fingerprint density at radius 1 is 0.844 bits per heavy atom. The number of para-hydroxylation sites is 1. The van der Waals surface area contributed by atoms with Crippen LogP contribution >= 0.6 is 27.7 Å². The van der Waals surface area contributed by atoms with Gasteiger partial charge in [-0.25, -0.2) is 0 Å². The molecule has 158 valence electrons. The first-order chi connectivity index (χ1) is 15.6. The summed E-state index contributed by atoms with van der Waals surface area (Å²) in [7, 11) is 0. The first-order valence-corrected chi connectivity index (χ1v) is 11.8. The minimum atomic E-state index is -0.250. The van der Waals surface area contributed by atoms with Crippen molar-refractivity contribution in [1.29, 1.82) is 0 Å². The molecule has 4 aromatic rings. The number of thioether (sulfide) groups is 1. The molecular formula is C26H19BrN2O2S. The van der Waals surface area contributed by atoms with Crippen molar-refractivity contribution in [3.05, 3.63) is 111 Å². The molecule has 0 aliphatic carbocycles. The van der Waals surface area contributed by atoms with Crippen molar-refractivity contribution in [2.45, 2.75) is 13.1 Å². The SMILES string of the molecule is O=C1S/C(=C\c2cn(Cc3ccccc3)c3ccccc23)C(=O)N1Cc1cccc(Br)c1. The molecule has 0 atom stereocenters. The molecule has 0 bridgehead atoms. The summed E-state index contributed by atoms with van der Waals surface area (Å²) < 4.78 is 3.10. The van der Waals surface area contributed by atoms with Crippen LogP contribution in [0.15, 0.2) is 94.4 Å². The fourth-order valence-electron chi connectivity index (χ4n) is 3.90. The van der Waals surface area contributed by atoms with Crippen LogP contribution in [0, 0.1) is 0 Å². The maximum atomic E-state index is 13.0. The molecule has 3 aromatic carbocycles. The Bertz CT molecular complexity index is 1360. The van der Waals surface area contributed by atoms with Crippen LogP contribution in [-0.4, -0.2) is 20.6 Å². The third-order valence-corrected chi connectivity index (χ3v) is 6.81. The van der Waals surface area contributed by atoms with Crippen LogP contribution in [0.4, 0.5) is 4.79 Å². The normalized spacial score (nSPS) is 15.3. The van der Waals surface area contributed by atoms with Gasteiger partial charge in [-0.1, -0.05) is 76.6 Å². The molecule has 0 spiro atoms. The quantitative estimate of drug-likeness (QED) is 0.285. The van der Waals surface area contributed by atoms with Crippen molar-refractivity contribution in [3.8, 4) is 0 Å². The molecule has 6 heteroatoms. The molecule has 4 nitrogen and oxygen atoms in total. The summed E-state index contributed by atoms with van der Waals surface area (Å²) in [6.45, 7) is 0.997. The molecular weight excluding hydrogens is 484 g/mol. The van der Waals surface area contributed by atoms with Gasteiger partial charge in [0.05, 0.1) is 11.4 Å². The molecule has 0 unspecified atom stereocenters. The second-order valence-corrected chi connectivity index (χ2v) is 9.52. The summed E-state index contributed by atoms with van der Waals surface area (Å²) >= 11 is 4.44. The summed E-state index contributed by atoms with van der Waals surface area (Å²) in [6.07, 6.45) is 3.90. The largest absolute Gasteiger partial charge is 0.342 e. The average Bonchev–Trinajstić information content (AvgIpc) is 3.27. The molecule has 0 saturated carbocycles. The number of halogens is 1. The van der Waals surface area contributed by atoms with Gasteiger partial charge in [-0.15, -0.1) is 0 Å². The van der Waals surface area contributed by atoms with Crippen molar-refractivity contribution < 1.29 is 9.59 Å². The summed E-state index contributed by atoms with van der Waals surface area (Å²) in [5, 5.41) is 0.816. The summed E-state index contributed by atoms with van der Waals surface area (Å²) in [5.41, 5.74) is 4.14. The fourth-order valence-corrected chi connectivity index (χ4v) is 5.17. The van der Waals surface area contributed by atoms with E-state index in [1.54, 1.807) is 0 Å². The third-order valence-electron chi connectivity index (χ3n) is 5.41. The van der Waals surface area contributed by atoms with Crippen molar-refractivity contribution in [1.82, 2.24) is 9.47 Å². The van der Waals surface area contributed by atoms with E-state index in [-0.39, 0.29) is 17.7 Å².